The summed E-state index contributed by atoms with van der Waals surface area (Å²) in [4.78, 5) is 8.80. The Kier molecular flexibility index (Phi) is 7.02. The SMILES string of the molecule is COc1cc2ncnc(NC(=S)Nc3c(C)cccc3C)c2cc1OCC1CCCCO1. The van der Waals surface area contributed by atoms with Crippen LogP contribution in [0.25, 0.3) is 10.9 Å². The summed E-state index contributed by atoms with van der Waals surface area (Å²) in [5.41, 5.74) is 3.95. The summed E-state index contributed by atoms with van der Waals surface area (Å²) in [7, 11) is 1.62. The Morgan fingerprint density at radius 2 is 1.94 bits per heavy atom. The van der Waals surface area contributed by atoms with Crippen LogP contribution in [0.2, 0.25) is 0 Å². The Morgan fingerprint density at radius 1 is 1.12 bits per heavy atom. The maximum atomic E-state index is 6.08. The molecule has 1 aliphatic heterocycles. The van der Waals surface area contributed by atoms with Crippen LogP contribution in [0.3, 0.4) is 0 Å². The van der Waals surface area contributed by atoms with Gasteiger partial charge in [0.1, 0.15) is 18.8 Å². The first-order valence-electron chi connectivity index (χ1n) is 10.8. The molecule has 2 aromatic carbocycles. The van der Waals surface area contributed by atoms with Gasteiger partial charge in [-0.1, -0.05) is 18.2 Å². The average Bonchev–Trinajstić information content (AvgIpc) is 2.80. The Balaban J connectivity index is 1.56. The second kappa shape index (κ2) is 10.1. The van der Waals surface area contributed by atoms with Gasteiger partial charge in [0, 0.05) is 23.7 Å². The van der Waals surface area contributed by atoms with Crippen LogP contribution in [0.4, 0.5) is 11.5 Å². The minimum Gasteiger partial charge on any atom is -0.493 e. The van der Waals surface area contributed by atoms with Crippen molar-refractivity contribution in [1.82, 2.24) is 9.97 Å². The number of ether oxygens (including phenoxy) is 3. The number of aryl methyl sites for hydroxylation is 2. The zero-order chi connectivity index (χ0) is 22.5. The molecule has 1 saturated heterocycles. The number of fused-ring (bicyclic) bond motifs is 1. The zero-order valence-corrected chi connectivity index (χ0v) is 19.4. The molecule has 1 fully saturated rings. The maximum absolute atomic E-state index is 6.08. The van der Waals surface area contributed by atoms with Crippen molar-refractivity contribution < 1.29 is 14.2 Å². The Labute approximate surface area is 193 Å². The molecule has 0 spiro atoms. The van der Waals surface area contributed by atoms with Gasteiger partial charge in [-0.25, -0.2) is 9.97 Å². The van der Waals surface area contributed by atoms with E-state index in [2.05, 4.69) is 20.6 Å². The summed E-state index contributed by atoms with van der Waals surface area (Å²) in [6.07, 6.45) is 4.88. The third-order valence-corrected chi connectivity index (χ3v) is 5.78. The molecular formula is C24H28N4O3S. The standard InChI is InChI=1S/C24H28N4O3S/c1-15-7-6-8-16(2)22(15)27-24(32)28-23-18-11-21(31-13-17-9-4-5-10-30-17)20(29-3)12-19(18)25-14-26-23/h6-8,11-12,14,17H,4-5,9-10,13H2,1-3H3,(H2,25,26,27,28,32). The molecule has 1 unspecified atom stereocenters. The van der Waals surface area contributed by atoms with E-state index in [4.69, 9.17) is 26.4 Å². The van der Waals surface area contributed by atoms with Gasteiger partial charge in [0.2, 0.25) is 0 Å². The molecule has 0 saturated carbocycles. The third kappa shape index (κ3) is 5.08. The number of methoxy groups -OCH3 is 1. The van der Waals surface area contributed by atoms with E-state index in [0.29, 0.717) is 29.0 Å². The topological polar surface area (TPSA) is 77.5 Å². The highest BCUT2D eigenvalue weighted by Gasteiger charge is 2.17. The zero-order valence-electron chi connectivity index (χ0n) is 18.6. The van der Waals surface area contributed by atoms with Crippen LogP contribution in [-0.4, -0.2) is 41.5 Å². The van der Waals surface area contributed by atoms with E-state index < -0.39 is 0 Å². The minimum atomic E-state index is 0.0999. The molecule has 2 heterocycles. The van der Waals surface area contributed by atoms with E-state index in [1.54, 1.807) is 7.11 Å². The lowest BCUT2D eigenvalue weighted by Gasteiger charge is -2.23. The molecule has 1 atom stereocenters. The molecule has 3 aromatic rings. The summed E-state index contributed by atoms with van der Waals surface area (Å²) >= 11 is 5.56. The molecule has 0 aliphatic carbocycles. The van der Waals surface area contributed by atoms with Crippen LogP contribution in [0.15, 0.2) is 36.7 Å². The van der Waals surface area contributed by atoms with E-state index in [1.165, 1.54) is 6.33 Å². The van der Waals surface area contributed by atoms with Gasteiger partial charge in [-0.05, 0) is 62.5 Å². The fourth-order valence-corrected chi connectivity index (χ4v) is 4.02. The summed E-state index contributed by atoms with van der Waals surface area (Å²) in [5, 5.41) is 7.74. The van der Waals surface area contributed by atoms with Crippen molar-refractivity contribution in [3.05, 3.63) is 47.8 Å². The normalized spacial score (nSPS) is 15.9. The van der Waals surface area contributed by atoms with Crippen molar-refractivity contribution in [3.8, 4) is 11.5 Å². The maximum Gasteiger partial charge on any atom is 0.176 e. The molecule has 7 nitrogen and oxygen atoms in total. The van der Waals surface area contributed by atoms with Gasteiger partial charge >= 0.3 is 0 Å². The molecular weight excluding hydrogens is 424 g/mol. The van der Waals surface area contributed by atoms with Gasteiger partial charge in [0.25, 0.3) is 0 Å². The lowest BCUT2D eigenvalue weighted by atomic mass is 10.1. The summed E-state index contributed by atoms with van der Waals surface area (Å²) < 4.78 is 17.4. The monoisotopic (exact) mass is 452 g/mol. The molecule has 4 rings (SSSR count). The fraction of sp³-hybridized carbons (Fsp3) is 0.375. The van der Waals surface area contributed by atoms with Crippen molar-refractivity contribution in [1.29, 1.82) is 0 Å². The highest BCUT2D eigenvalue weighted by Crippen LogP contribution is 2.34. The van der Waals surface area contributed by atoms with E-state index >= 15 is 0 Å². The number of rotatable bonds is 6. The molecule has 2 N–H and O–H groups in total. The summed E-state index contributed by atoms with van der Waals surface area (Å²) in [6.45, 7) is 5.36. The molecule has 168 valence electrons. The molecule has 0 bridgehead atoms. The minimum absolute atomic E-state index is 0.0999. The van der Waals surface area contributed by atoms with Gasteiger partial charge in [0.05, 0.1) is 18.7 Å². The number of nitrogens with one attached hydrogen (secondary N) is 2. The number of benzene rings is 2. The van der Waals surface area contributed by atoms with Crippen LogP contribution in [0.5, 0.6) is 11.5 Å². The van der Waals surface area contributed by atoms with Crippen molar-refractivity contribution >= 4 is 39.7 Å². The van der Waals surface area contributed by atoms with Gasteiger partial charge in [-0.15, -0.1) is 0 Å². The van der Waals surface area contributed by atoms with Crippen molar-refractivity contribution in [2.45, 2.75) is 39.2 Å². The number of thiocarbonyl (C=S) groups is 1. The fourth-order valence-electron chi connectivity index (χ4n) is 3.82. The first-order chi connectivity index (χ1) is 15.5. The van der Waals surface area contributed by atoms with Crippen LogP contribution < -0.4 is 20.1 Å². The van der Waals surface area contributed by atoms with Gasteiger partial charge < -0.3 is 24.8 Å². The quantitative estimate of drug-likeness (QED) is 0.505. The average molecular weight is 453 g/mol. The van der Waals surface area contributed by atoms with Crippen LogP contribution in [-0.2, 0) is 4.74 Å². The Morgan fingerprint density at radius 3 is 2.66 bits per heavy atom. The van der Waals surface area contributed by atoms with E-state index in [1.807, 2.05) is 44.2 Å². The van der Waals surface area contributed by atoms with Crippen molar-refractivity contribution in [2.75, 3.05) is 31.0 Å². The summed E-state index contributed by atoms with van der Waals surface area (Å²) in [5.74, 6) is 1.84. The van der Waals surface area contributed by atoms with Gasteiger partial charge in [-0.3, -0.25) is 0 Å². The van der Waals surface area contributed by atoms with E-state index in [9.17, 15) is 0 Å². The summed E-state index contributed by atoms with van der Waals surface area (Å²) in [6, 6.07) is 9.85. The number of aromatic nitrogens is 2. The number of nitrogens with zero attached hydrogens (tertiary/aromatic N) is 2. The second-order valence-electron chi connectivity index (χ2n) is 7.89. The first kappa shape index (κ1) is 22.2. The van der Waals surface area contributed by atoms with Gasteiger partial charge in [0.15, 0.2) is 16.6 Å². The molecule has 0 radical (unpaired) electrons. The molecule has 1 aromatic heterocycles. The number of anilines is 2. The lowest BCUT2D eigenvalue weighted by molar-refractivity contribution is -0.0114. The van der Waals surface area contributed by atoms with Crippen molar-refractivity contribution in [2.24, 2.45) is 0 Å². The second-order valence-corrected chi connectivity index (χ2v) is 8.30. The smallest absolute Gasteiger partial charge is 0.176 e. The van der Waals surface area contributed by atoms with Crippen LogP contribution in [0.1, 0.15) is 30.4 Å². The highest BCUT2D eigenvalue weighted by atomic mass is 32.1. The van der Waals surface area contributed by atoms with Crippen LogP contribution >= 0.6 is 12.2 Å². The first-order valence-corrected chi connectivity index (χ1v) is 11.2. The Hall–Kier alpha value is -2.97. The van der Waals surface area contributed by atoms with E-state index in [0.717, 1.165) is 53.6 Å². The number of hydrogen-bond donors (Lipinski definition) is 2. The highest BCUT2D eigenvalue weighted by molar-refractivity contribution is 7.80. The molecule has 0 amide bonds. The molecule has 1 aliphatic rings. The number of para-hydroxylation sites is 1. The Bertz CT molecular complexity index is 1100. The van der Waals surface area contributed by atoms with E-state index in [-0.39, 0.29) is 6.10 Å². The predicted octanol–water partition coefficient (Wildman–Crippen LogP) is 5.01. The lowest BCUT2D eigenvalue weighted by Crippen LogP contribution is -2.25. The predicted molar refractivity (Wildman–Crippen MR) is 131 cm³/mol. The third-order valence-electron chi connectivity index (χ3n) is 5.57. The molecule has 8 heteroatoms. The van der Waals surface area contributed by atoms with Crippen LogP contribution in [0, 0.1) is 13.8 Å². The van der Waals surface area contributed by atoms with Gasteiger partial charge in [-0.2, -0.15) is 0 Å². The van der Waals surface area contributed by atoms with Crippen molar-refractivity contribution in [3.63, 3.8) is 0 Å². The largest absolute Gasteiger partial charge is 0.493 e. The molecule has 32 heavy (non-hydrogen) atoms. The number of hydrogen-bond acceptors (Lipinski definition) is 6.